The fourth-order valence-corrected chi connectivity index (χ4v) is 3.73. The second-order valence-electron chi connectivity index (χ2n) is 7.09. The van der Waals surface area contributed by atoms with Crippen molar-refractivity contribution in [1.82, 2.24) is 4.90 Å². The third-order valence-corrected chi connectivity index (χ3v) is 5.17. The minimum Gasteiger partial charge on any atom is -0.370 e. The lowest BCUT2D eigenvalue weighted by Gasteiger charge is -2.35. The third-order valence-electron chi connectivity index (χ3n) is 5.17. The molecule has 26 heavy (non-hydrogen) atoms. The lowest BCUT2D eigenvalue weighted by molar-refractivity contribution is -0.119. The third kappa shape index (κ3) is 3.98. The van der Waals surface area contributed by atoms with Crippen LogP contribution in [0.5, 0.6) is 0 Å². The number of rotatable bonds is 4. The number of carbonyl (C=O) groups excluding carboxylic acids is 3. The molecule has 0 radical (unpaired) electrons. The van der Waals surface area contributed by atoms with Crippen LogP contribution in [0.1, 0.15) is 44.1 Å². The van der Waals surface area contributed by atoms with Gasteiger partial charge < -0.3 is 20.9 Å². The number of nitrogens with one attached hydrogen (secondary N) is 1. The number of amides is 4. The molecule has 7 nitrogen and oxygen atoms in total. The van der Waals surface area contributed by atoms with E-state index in [-0.39, 0.29) is 30.3 Å². The molecule has 1 unspecified atom stereocenters. The van der Waals surface area contributed by atoms with Crippen LogP contribution in [-0.4, -0.2) is 41.9 Å². The number of hydrogen-bond acceptors (Lipinski definition) is 3. The zero-order valence-corrected chi connectivity index (χ0v) is 15.2. The number of urea groups is 1. The summed E-state index contributed by atoms with van der Waals surface area (Å²) in [5.74, 6) is -0.274. The molecule has 1 aromatic carbocycles. The summed E-state index contributed by atoms with van der Waals surface area (Å²) in [4.78, 5) is 39.5. The van der Waals surface area contributed by atoms with Gasteiger partial charge in [0.05, 0.1) is 0 Å². The fraction of sp³-hybridized carbons (Fsp3) is 0.526. The number of likely N-dealkylation sites (tertiary alicyclic amines) is 1. The molecule has 0 spiro atoms. The molecule has 2 fully saturated rings. The Hall–Kier alpha value is -2.57. The van der Waals surface area contributed by atoms with E-state index in [0.717, 1.165) is 36.9 Å². The van der Waals surface area contributed by atoms with Crippen LogP contribution in [0, 0.1) is 6.92 Å². The van der Waals surface area contributed by atoms with Gasteiger partial charge in [0, 0.05) is 43.3 Å². The average molecular weight is 358 g/mol. The molecule has 2 heterocycles. The first-order chi connectivity index (χ1) is 12.5. The number of benzene rings is 1. The van der Waals surface area contributed by atoms with E-state index in [2.05, 4.69) is 5.32 Å². The monoisotopic (exact) mass is 358 g/mol. The van der Waals surface area contributed by atoms with E-state index >= 15 is 0 Å². The molecule has 2 aliphatic heterocycles. The molecule has 0 bridgehead atoms. The summed E-state index contributed by atoms with van der Waals surface area (Å²) in [6, 6.07) is 5.30. The van der Waals surface area contributed by atoms with E-state index in [1.807, 2.05) is 25.1 Å². The van der Waals surface area contributed by atoms with Gasteiger partial charge >= 0.3 is 6.03 Å². The molecule has 4 amide bonds. The minimum atomic E-state index is -0.388. The molecule has 2 aliphatic rings. The zero-order valence-electron chi connectivity index (χ0n) is 15.2. The van der Waals surface area contributed by atoms with Gasteiger partial charge in [0.1, 0.15) is 0 Å². The Labute approximate surface area is 153 Å². The topological polar surface area (TPSA) is 95.7 Å². The summed E-state index contributed by atoms with van der Waals surface area (Å²) >= 11 is 0. The fourth-order valence-electron chi connectivity index (χ4n) is 3.73. The highest BCUT2D eigenvalue weighted by molar-refractivity contribution is 5.97. The van der Waals surface area contributed by atoms with E-state index in [9.17, 15) is 14.4 Å². The van der Waals surface area contributed by atoms with E-state index in [1.165, 1.54) is 0 Å². The van der Waals surface area contributed by atoms with Crippen molar-refractivity contribution in [3.8, 4) is 0 Å². The Morgan fingerprint density at radius 3 is 2.73 bits per heavy atom. The largest absolute Gasteiger partial charge is 0.370 e. The summed E-state index contributed by atoms with van der Waals surface area (Å²) in [7, 11) is 0. The number of hydrogen-bond donors (Lipinski definition) is 2. The number of aryl methyl sites for hydroxylation is 1. The summed E-state index contributed by atoms with van der Waals surface area (Å²) in [6.07, 6.45) is 4.32. The molecule has 3 N–H and O–H groups in total. The first-order valence-electron chi connectivity index (χ1n) is 9.22. The number of anilines is 2. The molecule has 3 rings (SSSR count). The number of nitrogens with zero attached hydrogens (tertiary/aromatic N) is 2. The van der Waals surface area contributed by atoms with Crippen LogP contribution in [-0.2, 0) is 9.59 Å². The van der Waals surface area contributed by atoms with Gasteiger partial charge in [0.25, 0.3) is 0 Å². The van der Waals surface area contributed by atoms with Crippen molar-refractivity contribution in [3.63, 3.8) is 0 Å². The summed E-state index contributed by atoms with van der Waals surface area (Å²) < 4.78 is 0. The minimum absolute atomic E-state index is 0.115. The van der Waals surface area contributed by atoms with Crippen molar-refractivity contribution in [2.75, 3.05) is 23.3 Å². The lowest BCUT2D eigenvalue weighted by atomic mass is 9.99. The second-order valence-corrected chi connectivity index (χ2v) is 7.09. The first-order valence-corrected chi connectivity index (χ1v) is 9.22. The highest BCUT2D eigenvalue weighted by Crippen LogP contribution is 2.28. The highest BCUT2D eigenvalue weighted by Gasteiger charge is 2.28. The predicted molar refractivity (Wildman–Crippen MR) is 99.9 cm³/mol. The maximum absolute atomic E-state index is 12.8. The van der Waals surface area contributed by atoms with Gasteiger partial charge in [-0.1, -0.05) is 6.07 Å². The van der Waals surface area contributed by atoms with E-state index < -0.39 is 0 Å². The number of piperidine rings is 1. The van der Waals surface area contributed by atoms with Gasteiger partial charge in [0.2, 0.25) is 11.8 Å². The number of nitrogens with two attached hydrogens (primary N) is 1. The van der Waals surface area contributed by atoms with E-state index in [4.69, 9.17) is 5.73 Å². The van der Waals surface area contributed by atoms with Crippen molar-refractivity contribution >= 4 is 29.2 Å². The summed E-state index contributed by atoms with van der Waals surface area (Å²) in [5, 5.41) is 2.96. The molecule has 1 aromatic rings. The van der Waals surface area contributed by atoms with Crippen LogP contribution >= 0.6 is 0 Å². The molecule has 0 aromatic heterocycles. The van der Waals surface area contributed by atoms with E-state index in [1.54, 1.807) is 9.80 Å². The van der Waals surface area contributed by atoms with Crippen LogP contribution in [0.15, 0.2) is 18.2 Å². The standard InChI is InChI=1S/C19H26N4O3/c1-13-7-8-15(22-10-4-6-18(22)25)11-16(13)21-19(26)23-9-3-2-5-14(23)12-17(20)24/h7-8,11,14H,2-6,9-10,12H2,1H3,(H2,20,24)(H,21,26). The van der Waals surface area contributed by atoms with Crippen molar-refractivity contribution in [2.24, 2.45) is 5.73 Å². The van der Waals surface area contributed by atoms with Gasteiger partial charge in [0.15, 0.2) is 0 Å². The Morgan fingerprint density at radius 2 is 2.04 bits per heavy atom. The Morgan fingerprint density at radius 1 is 1.23 bits per heavy atom. The number of carbonyl (C=O) groups is 3. The van der Waals surface area contributed by atoms with Crippen LogP contribution in [0.25, 0.3) is 0 Å². The molecular weight excluding hydrogens is 332 g/mol. The van der Waals surface area contributed by atoms with Crippen molar-refractivity contribution < 1.29 is 14.4 Å². The maximum atomic E-state index is 12.8. The Balaban J connectivity index is 1.75. The molecule has 0 aliphatic carbocycles. The predicted octanol–water partition coefficient (Wildman–Crippen LogP) is 2.38. The summed E-state index contributed by atoms with van der Waals surface area (Å²) in [6.45, 7) is 3.25. The van der Waals surface area contributed by atoms with Crippen LogP contribution in [0.3, 0.4) is 0 Å². The van der Waals surface area contributed by atoms with Gasteiger partial charge in [-0.3, -0.25) is 9.59 Å². The normalized spacial score (nSPS) is 20.3. The highest BCUT2D eigenvalue weighted by atomic mass is 16.2. The molecule has 1 atom stereocenters. The summed E-state index contributed by atoms with van der Waals surface area (Å²) in [5.41, 5.74) is 7.75. The van der Waals surface area contributed by atoms with Gasteiger partial charge in [-0.05, 0) is 50.3 Å². The van der Waals surface area contributed by atoms with Gasteiger partial charge in [-0.2, -0.15) is 0 Å². The maximum Gasteiger partial charge on any atom is 0.322 e. The molecular formula is C19H26N4O3. The second kappa shape index (κ2) is 7.76. The quantitative estimate of drug-likeness (QED) is 0.865. The van der Waals surface area contributed by atoms with E-state index in [0.29, 0.717) is 25.2 Å². The Bertz CT molecular complexity index is 719. The van der Waals surface area contributed by atoms with Crippen LogP contribution in [0.2, 0.25) is 0 Å². The SMILES string of the molecule is Cc1ccc(N2CCCC2=O)cc1NC(=O)N1CCCCC1CC(N)=O. The van der Waals surface area contributed by atoms with Crippen molar-refractivity contribution in [2.45, 2.75) is 51.5 Å². The van der Waals surface area contributed by atoms with Crippen molar-refractivity contribution in [3.05, 3.63) is 23.8 Å². The molecule has 0 saturated carbocycles. The lowest BCUT2D eigenvalue weighted by Crippen LogP contribution is -2.47. The average Bonchev–Trinajstić information content (AvgIpc) is 3.03. The van der Waals surface area contributed by atoms with Crippen molar-refractivity contribution in [1.29, 1.82) is 0 Å². The van der Waals surface area contributed by atoms with Gasteiger partial charge in [-0.25, -0.2) is 4.79 Å². The van der Waals surface area contributed by atoms with Gasteiger partial charge in [-0.15, -0.1) is 0 Å². The first kappa shape index (κ1) is 18.2. The Kier molecular flexibility index (Phi) is 5.44. The van der Waals surface area contributed by atoms with Crippen LogP contribution < -0.4 is 16.0 Å². The zero-order chi connectivity index (χ0) is 18.7. The number of primary amides is 1. The molecule has 7 heteroatoms. The smallest absolute Gasteiger partial charge is 0.322 e. The molecule has 140 valence electrons. The molecule has 2 saturated heterocycles. The van der Waals surface area contributed by atoms with Crippen LogP contribution in [0.4, 0.5) is 16.2 Å².